The van der Waals surface area contributed by atoms with Crippen LogP contribution >= 0.6 is 0 Å². The number of alkyl carbamates (subject to hydrolysis) is 1. The van der Waals surface area contributed by atoms with E-state index in [0.29, 0.717) is 17.1 Å². The molecule has 0 bridgehead atoms. The number of ether oxygens (including phenoxy) is 3. The van der Waals surface area contributed by atoms with Gasteiger partial charge in [-0.1, -0.05) is 54.6 Å². The van der Waals surface area contributed by atoms with E-state index in [1.54, 1.807) is 18.2 Å². The number of methoxy groups -OCH3 is 2. The average molecular weight is 446 g/mol. The predicted octanol–water partition coefficient (Wildman–Crippen LogP) is 3.42. The summed E-state index contributed by atoms with van der Waals surface area (Å²) in [6.45, 7) is 0.129. The van der Waals surface area contributed by atoms with Crippen molar-refractivity contribution in [3.63, 3.8) is 0 Å². The number of benzene rings is 3. The summed E-state index contributed by atoms with van der Waals surface area (Å²) in [6, 6.07) is 20.2. The SMILES string of the molecule is COc1ccc([C@H](CC(=O)[O-])NC(=O)OCC2c3ccccc3-c3ccccc32)cc1OC. The van der Waals surface area contributed by atoms with Gasteiger partial charge in [0, 0.05) is 18.3 Å². The number of amides is 1. The molecular weight excluding hydrogens is 422 g/mol. The molecular formula is C26H24NO6-. The molecule has 7 nitrogen and oxygen atoms in total. The van der Waals surface area contributed by atoms with Crippen molar-refractivity contribution in [1.29, 1.82) is 0 Å². The molecule has 1 aliphatic carbocycles. The zero-order valence-corrected chi connectivity index (χ0v) is 18.4. The van der Waals surface area contributed by atoms with Gasteiger partial charge in [-0.15, -0.1) is 0 Å². The smallest absolute Gasteiger partial charge is 0.407 e. The van der Waals surface area contributed by atoms with Gasteiger partial charge in [-0.3, -0.25) is 0 Å². The molecule has 0 saturated heterocycles. The van der Waals surface area contributed by atoms with E-state index >= 15 is 0 Å². The third-order valence-corrected chi connectivity index (χ3v) is 5.82. The van der Waals surface area contributed by atoms with E-state index in [2.05, 4.69) is 17.4 Å². The Labute approximate surface area is 191 Å². The van der Waals surface area contributed by atoms with Crippen LogP contribution in [-0.2, 0) is 9.53 Å². The lowest BCUT2D eigenvalue weighted by atomic mass is 9.98. The molecule has 170 valence electrons. The highest BCUT2D eigenvalue weighted by atomic mass is 16.5. The molecule has 0 fully saturated rings. The lowest BCUT2D eigenvalue weighted by Crippen LogP contribution is -2.35. The Kier molecular flexibility index (Phi) is 6.49. The topological polar surface area (TPSA) is 96.9 Å². The van der Waals surface area contributed by atoms with Gasteiger partial charge in [0.1, 0.15) is 6.61 Å². The van der Waals surface area contributed by atoms with Gasteiger partial charge in [-0.25, -0.2) is 4.79 Å². The first-order valence-corrected chi connectivity index (χ1v) is 10.5. The largest absolute Gasteiger partial charge is 0.550 e. The number of hydrogen-bond acceptors (Lipinski definition) is 6. The summed E-state index contributed by atoms with van der Waals surface area (Å²) in [4.78, 5) is 24.0. The van der Waals surface area contributed by atoms with Crippen LogP contribution in [0, 0.1) is 0 Å². The van der Waals surface area contributed by atoms with Crippen LogP contribution in [0.25, 0.3) is 11.1 Å². The van der Waals surface area contributed by atoms with Gasteiger partial charge in [0.15, 0.2) is 11.5 Å². The van der Waals surface area contributed by atoms with E-state index in [4.69, 9.17) is 14.2 Å². The zero-order chi connectivity index (χ0) is 23.4. The van der Waals surface area contributed by atoms with Crippen LogP contribution in [0.3, 0.4) is 0 Å². The first-order valence-electron chi connectivity index (χ1n) is 10.5. The number of carbonyl (C=O) groups is 2. The summed E-state index contributed by atoms with van der Waals surface area (Å²) in [5, 5.41) is 14.0. The molecule has 1 aliphatic rings. The van der Waals surface area contributed by atoms with Crippen LogP contribution in [0.15, 0.2) is 66.7 Å². The molecule has 3 aromatic rings. The Balaban J connectivity index is 1.49. The lowest BCUT2D eigenvalue weighted by molar-refractivity contribution is -0.306. The van der Waals surface area contributed by atoms with Gasteiger partial charge >= 0.3 is 6.09 Å². The fraction of sp³-hybridized carbons (Fsp3) is 0.231. The number of aliphatic carboxylic acids is 1. The number of carboxylic acid groups (broad SMARTS) is 1. The van der Waals surface area contributed by atoms with Crippen molar-refractivity contribution >= 4 is 12.1 Å². The van der Waals surface area contributed by atoms with Crippen LogP contribution in [0.5, 0.6) is 11.5 Å². The fourth-order valence-corrected chi connectivity index (χ4v) is 4.27. The van der Waals surface area contributed by atoms with Crippen molar-refractivity contribution in [3.05, 3.63) is 83.4 Å². The lowest BCUT2D eigenvalue weighted by Gasteiger charge is -2.21. The summed E-state index contributed by atoms with van der Waals surface area (Å²) in [6.07, 6.45) is -1.13. The molecule has 1 atom stereocenters. The fourth-order valence-electron chi connectivity index (χ4n) is 4.27. The summed E-state index contributed by atoms with van der Waals surface area (Å²) in [5.41, 5.74) is 4.98. The minimum atomic E-state index is -1.30. The second-order valence-electron chi connectivity index (χ2n) is 7.71. The van der Waals surface area contributed by atoms with E-state index in [1.165, 1.54) is 14.2 Å². The Bertz CT molecular complexity index is 1130. The van der Waals surface area contributed by atoms with Gasteiger partial charge in [0.2, 0.25) is 0 Å². The van der Waals surface area contributed by atoms with Crippen LogP contribution in [0.4, 0.5) is 4.79 Å². The van der Waals surface area contributed by atoms with E-state index in [0.717, 1.165) is 22.3 Å². The molecule has 0 heterocycles. The Morgan fingerprint density at radius 3 is 2.09 bits per heavy atom. The molecule has 0 unspecified atom stereocenters. The standard InChI is InChI=1S/C26H25NO6/c1-31-23-12-11-16(13-24(23)32-2)22(14-25(28)29)27-26(30)33-15-21-19-9-5-3-7-17(19)18-8-4-6-10-20(18)21/h3-13,21-22H,14-15H2,1-2H3,(H,27,30)(H,28,29)/p-1/t22-/m0/s1. The summed E-state index contributed by atoms with van der Waals surface area (Å²) >= 11 is 0. The first-order chi connectivity index (χ1) is 16.0. The molecule has 1 N–H and O–H groups in total. The molecule has 33 heavy (non-hydrogen) atoms. The Morgan fingerprint density at radius 2 is 1.52 bits per heavy atom. The summed E-state index contributed by atoms with van der Waals surface area (Å²) < 4.78 is 16.1. The molecule has 7 heteroatoms. The van der Waals surface area contributed by atoms with Crippen LogP contribution in [0.1, 0.15) is 35.1 Å². The second kappa shape index (κ2) is 9.65. The highest BCUT2D eigenvalue weighted by molar-refractivity contribution is 5.79. The molecule has 0 spiro atoms. The molecule has 0 radical (unpaired) electrons. The molecule has 1 amide bonds. The van der Waals surface area contributed by atoms with E-state index in [-0.39, 0.29) is 12.5 Å². The monoisotopic (exact) mass is 446 g/mol. The molecule has 0 aromatic heterocycles. The number of nitrogens with one attached hydrogen (secondary N) is 1. The Morgan fingerprint density at radius 1 is 0.909 bits per heavy atom. The van der Waals surface area contributed by atoms with Gasteiger partial charge in [0.05, 0.1) is 20.3 Å². The molecule has 0 saturated carbocycles. The second-order valence-corrected chi connectivity index (χ2v) is 7.71. The molecule has 4 rings (SSSR count). The zero-order valence-electron chi connectivity index (χ0n) is 18.4. The number of hydrogen-bond donors (Lipinski definition) is 1. The maximum atomic E-state index is 12.7. The molecule has 3 aromatic carbocycles. The van der Waals surface area contributed by atoms with Gasteiger partial charge in [-0.05, 0) is 39.9 Å². The third-order valence-electron chi connectivity index (χ3n) is 5.82. The maximum absolute atomic E-state index is 12.7. The quantitative estimate of drug-likeness (QED) is 0.570. The number of carbonyl (C=O) groups excluding carboxylic acids is 2. The Hall–Kier alpha value is -4.00. The minimum absolute atomic E-state index is 0.0937. The van der Waals surface area contributed by atoms with E-state index < -0.39 is 24.5 Å². The van der Waals surface area contributed by atoms with Crippen molar-refractivity contribution in [2.45, 2.75) is 18.4 Å². The predicted molar refractivity (Wildman–Crippen MR) is 120 cm³/mol. The number of carboxylic acids is 1. The number of rotatable bonds is 8. The van der Waals surface area contributed by atoms with Crippen molar-refractivity contribution < 1.29 is 28.9 Å². The number of fused-ring (bicyclic) bond motifs is 3. The van der Waals surface area contributed by atoms with Gasteiger partial charge in [-0.2, -0.15) is 0 Å². The summed E-state index contributed by atoms with van der Waals surface area (Å²) in [5.74, 6) is -0.472. The third kappa shape index (κ3) is 4.62. The van der Waals surface area contributed by atoms with E-state index in [9.17, 15) is 14.7 Å². The minimum Gasteiger partial charge on any atom is -0.550 e. The van der Waals surface area contributed by atoms with Crippen LogP contribution in [-0.4, -0.2) is 32.9 Å². The maximum Gasteiger partial charge on any atom is 0.407 e. The highest BCUT2D eigenvalue weighted by Crippen LogP contribution is 2.44. The van der Waals surface area contributed by atoms with Gasteiger partial charge < -0.3 is 29.4 Å². The van der Waals surface area contributed by atoms with Crippen molar-refractivity contribution in [2.75, 3.05) is 20.8 Å². The first kappa shape index (κ1) is 22.2. The van der Waals surface area contributed by atoms with Crippen molar-refractivity contribution in [1.82, 2.24) is 5.32 Å². The van der Waals surface area contributed by atoms with Crippen molar-refractivity contribution in [3.8, 4) is 22.6 Å². The highest BCUT2D eigenvalue weighted by Gasteiger charge is 2.29. The van der Waals surface area contributed by atoms with Crippen molar-refractivity contribution in [2.24, 2.45) is 0 Å². The van der Waals surface area contributed by atoms with Crippen LogP contribution in [0.2, 0.25) is 0 Å². The summed E-state index contributed by atoms with van der Waals surface area (Å²) in [7, 11) is 2.99. The van der Waals surface area contributed by atoms with Gasteiger partial charge in [0.25, 0.3) is 0 Å². The van der Waals surface area contributed by atoms with E-state index in [1.807, 2.05) is 36.4 Å². The normalized spacial score (nSPS) is 12.9. The average Bonchev–Trinajstić information content (AvgIpc) is 3.15. The van der Waals surface area contributed by atoms with Crippen LogP contribution < -0.4 is 19.9 Å². The molecule has 0 aliphatic heterocycles.